The van der Waals surface area contributed by atoms with Crippen LogP contribution in [0.1, 0.15) is 10.4 Å². The van der Waals surface area contributed by atoms with E-state index >= 15 is 0 Å². The van der Waals surface area contributed by atoms with Gasteiger partial charge in [-0.15, -0.1) is 0 Å². The van der Waals surface area contributed by atoms with Crippen LogP contribution < -0.4 is 11.1 Å². The summed E-state index contributed by atoms with van der Waals surface area (Å²) in [6, 6.07) is 9.36. The highest BCUT2D eigenvalue weighted by atomic mass is 79.9. The van der Waals surface area contributed by atoms with Crippen LogP contribution in [0.2, 0.25) is 0 Å². The number of hydrogen-bond donors (Lipinski definition) is 2. The smallest absolute Gasteiger partial charge is 0.256 e. The standard InChI is InChI=1S/C13H9Br2FN2O/c14-9-5-4-7(6-10(9)16)18-13(19)8-2-1-3-11(17)12(8)15/h1-6H,17H2,(H,18,19). The van der Waals surface area contributed by atoms with Gasteiger partial charge < -0.3 is 11.1 Å². The third-order valence-electron chi connectivity index (χ3n) is 2.45. The van der Waals surface area contributed by atoms with Crippen LogP contribution in [0.3, 0.4) is 0 Å². The van der Waals surface area contributed by atoms with Crippen LogP contribution in [0, 0.1) is 5.82 Å². The number of nitrogen functional groups attached to an aromatic ring is 1. The summed E-state index contributed by atoms with van der Waals surface area (Å²) in [5, 5.41) is 2.61. The topological polar surface area (TPSA) is 55.1 Å². The predicted molar refractivity (Wildman–Crippen MR) is 80.6 cm³/mol. The number of benzene rings is 2. The minimum absolute atomic E-state index is 0.343. The molecular formula is C13H9Br2FN2O. The molecule has 0 heterocycles. The molecule has 0 aliphatic heterocycles. The van der Waals surface area contributed by atoms with Crippen molar-refractivity contribution in [3.8, 4) is 0 Å². The first kappa shape index (κ1) is 14.0. The van der Waals surface area contributed by atoms with Crippen LogP contribution in [0.5, 0.6) is 0 Å². The molecule has 0 fully saturated rings. The van der Waals surface area contributed by atoms with Gasteiger partial charge in [-0.3, -0.25) is 4.79 Å². The molecule has 0 aliphatic carbocycles. The van der Waals surface area contributed by atoms with Gasteiger partial charge in [0, 0.05) is 11.4 Å². The van der Waals surface area contributed by atoms with Crippen molar-refractivity contribution in [1.82, 2.24) is 0 Å². The normalized spacial score (nSPS) is 10.3. The van der Waals surface area contributed by atoms with Gasteiger partial charge in [-0.2, -0.15) is 0 Å². The quantitative estimate of drug-likeness (QED) is 0.759. The summed E-state index contributed by atoms with van der Waals surface area (Å²) in [6.07, 6.45) is 0. The Balaban J connectivity index is 2.26. The van der Waals surface area contributed by atoms with Gasteiger partial charge in [0.25, 0.3) is 5.91 Å². The lowest BCUT2D eigenvalue weighted by Gasteiger charge is -2.08. The van der Waals surface area contributed by atoms with E-state index in [9.17, 15) is 9.18 Å². The summed E-state index contributed by atoms with van der Waals surface area (Å²) >= 11 is 6.30. The minimum Gasteiger partial charge on any atom is -0.398 e. The zero-order valence-corrected chi connectivity index (χ0v) is 12.8. The Hall–Kier alpha value is -1.40. The maximum atomic E-state index is 13.3. The average Bonchev–Trinajstić information content (AvgIpc) is 2.37. The molecule has 98 valence electrons. The first-order valence-electron chi connectivity index (χ1n) is 5.29. The SMILES string of the molecule is Nc1cccc(C(=O)Nc2ccc(Br)c(F)c2)c1Br. The van der Waals surface area contributed by atoms with Crippen LogP contribution in [0.15, 0.2) is 45.3 Å². The van der Waals surface area contributed by atoms with E-state index in [2.05, 4.69) is 37.2 Å². The van der Waals surface area contributed by atoms with Gasteiger partial charge in [0.15, 0.2) is 0 Å². The first-order valence-corrected chi connectivity index (χ1v) is 6.88. The highest BCUT2D eigenvalue weighted by Gasteiger charge is 2.12. The highest BCUT2D eigenvalue weighted by molar-refractivity contribution is 9.11. The summed E-state index contributed by atoms with van der Waals surface area (Å²) in [7, 11) is 0. The Kier molecular flexibility index (Phi) is 4.21. The van der Waals surface area contributed by atoms with E-state index in [-0.39, 0.29) is 5.91 Å². The largest absolute Gasteiger partial charge is 0.398 e. The van der Waals surface area contributed by atoms with Crippen molar-refractivity contribution in [2.45, 2.75) is 0 Å². The Morgan fingerprint density at radius 1 is 1.21 bits per heavy atom. The van der Waals surface area contributed by atoms with Crippen molar-refractivity contribution in [2.75, 3.05) is 11.1 Å². The van der Waals surface area contributed by atoms with Crippen LogP contribution in [-0.4, -0.2) is 5.91 Å². The van der Waals surface area contributed by atoms with Gasteiger partial charge in [-0.05, 0) is 62.2 Å². The lowest BCUT2D eigenvalue weighted by Crippen LogP contribution is -2.13. The van der Waals surface area contributed by atoms with E-state index in [4.69, 9.17) is 5.73 Å². The molecule has 2 aromatic carbocycles. The van der Waals surface area contributed by atoms with E-state index in [1.54, 1.807) is 24.3 Å². The fourth-order valence-corrected chi connectivity index (χ4v) is 2.19. The van der Waals surface area contributed by atoms with E-state index in [1.807, 2.05) is 0 Å². The van der Waals surface area contributed by atoms with E-state index in [1.165, 1.54) is 12.1 Å². The van der Waals surface area contributed by atoms with Crippen molar-refractivity contribution >= 4 is 49.1 Å². The number of anilines is 2. The molecule has 0 atom stereocenters. The molecule has 19 heavy (non-hydrogen) atoms. The van der Waals surface area contributed by atoms with E-state index in [0.717, 1.165) is 0 Å². The van der Waals surface area contributed by atoms with Crippen LogP contribution in [-0.2, 0) is 0 Å². The Bertz CT molecular complexity index is 647. The van der Waals surface area contributed by atoms with E-state index < -0.39 is 5.82 Å². The summed E-state index contributed by atoms with van der Waals surface area (Å²) < 4.78 is 14.2. The van der Waals surface area contributed by atoms with Gasteiger partial charge >= 0.3 is 0 Å². The number of carbonyl (C=O) groups excluding carboxylic acids is 1. The summed E-state index contributed by atoms with van der Waals surface area (Å²) in [5.74, 6) is -0.801. The third kappa shape index (κ3) is 3.13. The number of halogens is 3. The van der Waals surface area contributed by atoms with Gasteiger partial charge in [-0.1, -0.05) is 6.07 Å². The number of nitrogens with two attached hydrogens (primary N) is 1. The monoisotopic (exact) mass is 386 g/mol. The highest BCUT2D eigenvalue weighted by Crippen LogP contribution is 2.25. The fourth-order valence-electron chi connectivity index (χ4n) is 1.50. The molecule has 0 spiro atoms. The molecule has 3 nitrogen and oxygen atoms in total. The molecule has 0 saturated carbocycles. The van der Waals surface area contributed by atoms with Crippen molar-refractivity contribution < 1.29 is 9.18 Å². The third-order valence-corrected chi connectivity index (χ3v) is 3.98. The van der Waals surface area contributed by atoms with Gasteiger partial charge in [0.2, 0.25) is 0 Å². The van der Waals surface area contributed by atoms with Crippen LogP contribution >= 0.6 is 31.9 Å². The minimum atomic E-state index is -0.440. The number of nitrogens with one attached hydrogen (secondary N) is 1. The molecular weight excluding hydrogens is 379 g/mol. The molecule has 2 aromatic rings. The van der Waals surface area contributed by atoms with Crippen molar-refractivity contribution in [3.05, 3.63) is 56.7 Å². The summed E-state index contributed by atoms with van der Waals surface area (Å²) in [5.41, 5.74) is 6.94. The van der Waals surface area contributed by atoms with Gasteiger partial charge in [0.05, 0.1) is 14.5 Å². The Morgan fingerprint density at radius 2 is 1.95 bits per heavy atom. The molecule has 1 amide bonds. The number of carbonyl (C=O) groups is 1. The summed E-state index contributed by atoms with van der Waals surface area (Å²) in [6.45, 7) is 0. The number of hydrogen-bond acceptors (Lipinski definition) is 2. The molecule has 0 aliphatic rings. The fraction of sp³-hybridized carbons (Fsp3) is 0. The molecule has 0 aromatic heterocycles. The Labute approximate surface area is 126 Å². The number of rotatable bonds is 2. The molecule has 0 saturated heterocycles. The van der Waals surface area contributed by atoms with Crippen LogP contribution in [0.25, 0.3) is 0 Å². The van der Waals surface area contributed by atoms with Crippen molar-refractivity contribution in [1.29, 1.82) is 0 Å². The van der Waals surface area contributed by atoms with E-state index in [0.29, 0.717) is 25.9 Å². The lowest BCUT2D eigenvalue weighted by molar-refractivity contribution is 0.102. The maximum Gasteiger partial charge on any atom is 0.256 e. The summed E-state index contributed by atoms with van der Waals surface area (Å²) in [4.78, 5) is 12.1. The lowest BCUT2D eigenvalue weighted by atomic mass is 10.2. The van der Waals surface area contributed by atoms with Crippen molar-refractivity contribution in [2.24, 2.45) is 0 Å². The Morgan fingerprint density at radius 3 is 2.63 bits per heavy atom. The predicted octanol–water partition coefficient (Wildman–Crippen LogP) is 4.19. The maximum absolute atomic E-state index is 13.3. The van der Waals surface area contributed by atoms with Crippen molar-refractivity contribution in [3.63, 3.8) is 0 Å². The molecule has 0 radical (unpaired) electrons. The second-order valence-corrected chi connectivity index (χ2v) is 5.44. The zero-order valence-electron chi connectivity index (χ0n) is 9.58. The molecule has 2 rings (SSSR count). The zero-order chi connectivity index (χ0) is 14.0. The van der Waals surface area contributed by atoms with Crippen LogP contribution in [0.4, 0.5) is 15.8 Å². The van der Waals surface area contributed by atoms with Gasteiger partial charge in [-0.25, -0.2) is 4.39 Å². The molecule has 0 bridgehead atoms. The molecule has 6 heteroatoms. The second-order valence-electron chi connectivity index (χ2n) is 3.79. The number of amides is 1. The molecule has 3 N–H and O–H groups in total. The second kappa shape index (κ2) is 5.71. The average molecular weight is 388 g/mol. The first-order chi connectivity index (χ1) is 8.99. The molecule has 0 unspecified atom stereocenters. The van der Waals surface area contributed by atoms with Gasteiger partial charge in [0.1, 0.15) is 5.82 Å².